The Morgan fingerprint density at radius 1 is 1.43 bits per heavy atom. The van der Waals surface area contributed by atoms with E-state index in [2.05, 4.69) is 28.7 Å². The van der Waals surface area contributed by atoms with Crippen LogP contribution in [0.5, 0.6) is 0 Å². The molecule has 3 rings (SSSR count). The van der Waals surface area contributed by atoms with Crippen LogP contribution in [0.3, 0.4) is 0 Å². The first kappa shape index (κ1) is 15.1. The SMILES string of the molecule is C[C@@H]1C[C@H]1c1ccc(CN2CCC[C@H](NS(C)(=O)=O)C2)o1. The lowest BCUT2D eigenvalue weighted by atomic mass is 10.1. The average molecular weight is 312 g/mol. The van der Waals surface area contributed by atoms with Gasteiger partial charge in [-0.25, -0.2) is 13.1 Å². The van der Waals surface area contributed by atoms with Gasteiger partial charge in [0, 0.05) is 18.5 Å². The maximum Gasteiger partial charge on any atom is 0.208 e. The third kappa shape index (κ3) is 4.08. The van der Waals surface area contributed by atoms with E-state index in [4.69, 9.17) is 4.42 Å². The van der Waals surface area contributed by atoms with Crippen LogP contribution in [0.4, 0.5) is 0 Å². The molecule has 2 aliphatic rings. The summed E-state index contributed by atoms with van der Waals surface area (Å²) in [4.78, 5) is 2.27. The minimum Gasteiger partial charge on any atom is -0.464 e. The van der Waals surface area contributed by atoms with E-state index in [0.29, 0.717) is 5.92 Å². The van der Waals surface area contributed by atoms with Gasteiger partial charge >= 0.3 is 0 Å². The highest BCUT2D eigenvalue weighted by Gasteiger charge is 2.36. The number of likely N-dealkylation sites (tertiary alicyclic amines) is 1. The molecule has 1 aliphatic heterocycles. The number of nitrogens with zero attached hydrogens (tertiary/aromatic N) is 1. The van der Waals surface area contributed by atoms with Crippen molar-refractivity contribution in [2.24, 2.45) is 5.92 Å². The molecule has 0 radical (unpaired) electrons. The molecule has 0 spiro atoms. The normalized spacial score (nSPS) is 30.5. The van der Waals surface area contributed by atoms with Crippen LogP contribution in [0.1, 0.15) is 43.6 Å². The molecule has 21 heavy (non-hydrogen) atoms. The first-order valence-electron chi connectivity index (χ1n) is 7.69. The third-order valence-corrected chi connectivity index (χ3v) is 5.18. The number of furan rings is 1. The Balaban J connectivity index is 1.56. The average Bonchev–Trinajstić information content (AvgIpc) is 2.93. The highest BCUT2D eigenvalue weighted by atomic mass is 32.2. The first-order chi connectivity index (χ1) is 9.90. The molecule has 118 valence electrons. The molecule has 6 heteroatoms. The van der Waals surface area contributed by atoms with E-state index in [0.717, 1.165) is 49.9 Å². The fraction of sp³-hybridized carbons (Fsp3) is 0.733. The molecule has 1 N–H and O–H groups in total. The minimum absolute atomic E-state index is 0.0200. The molecule has 1 aliphatic carbocycles. The molecule has 5 nitrogen and oxygen atoms in total. The highest BCUT2D eigenvalue weighted by Crippen LogP contribution is 2.47. The zero-order valence-electron chi connectivity index (χ0n) is 12.7. The molecular weight excluding hydrogens is 288 g/mol. The Morgan fingerprint density at radius 3 is 2.86 bits per heavy atom. The molecule has 1 saturated heterocycles. The number of sulfonamides is 1. The van der Waals surface area contributed by atoms with Gasteiger partial charge in [0.05, 0.1) is 12.8 Å². The van der Waals surface area contributed by atoms with Crippen LogP contribution >= 0.6 is 0 Å². The van der Waals surface area contributed by atoms with Crippen molar-refractivity contribution >= 4 is 10.0 Å². The van der Waals surface area contributed by atoms with E-state index in [1.54, 1.807) is 0 Å². The summed E-state index contributed by atoms with van der Waals surface area (Å²) in [5.74, 6) is 3.46. The van der Waals surface area contributed by atoms with Gasteiger partial charge in [-0.05, 0) is 43.9 Å². The van der Waals surface area contributed by atoms with Crippen molar-refractivity contribution in [1.82, 2.24) is 9.62 Å². The van der Waals surface area contributed by atoms with Crippen molar-refractivity contribution in [3.05, 3.63) is 23.7 Å². The zero-order valence-corrected chi connectivity index (χ0v) is 13.5. The lowest BCUT2D eigenvalue weighted by Gasteiger charge is -2.32. The second-order valence-corrected chi connectivity index (χ2v) is 8.37. The molecule has 1 saturated carbocycles. The molecule has 0 aromatic carbocycles. The van der Waals surface area contributed by atoms with Crippen LogP contribution < -0.4 is 4.72 Å². The summed E-state index contributed by atoms with van der Waals surface area (Å²) in [6.45, 7) is 4.77. The van der Waals surface area contributed by atoms with Gasteiger partial charge in [-0.2, -0.15) is 0 Å². The fourth-order valence-electron chi connectivity index (χ4n) is 3.22. The zero-order chi connectivity index (χ0) is 15.0. The van der Waals surface area contributed by atoms with Gasteiger partial charge in [0.15, 0.2) is 0 Å². The summed E-state index contributed by atoms with van der Waals surface area (Å²) in [6.07, 6.45) is 4.38. The van der Waals surface area contributed by atoms with Crippen LogP contribution in [0.2, 0.25) is 0 Å². The predicted octanol–water partition coefficient (Wildman–Crippen LogP) is 1.92. The Kier molecular flexibility index (Phi) is 4.12. The van der Waals surface area contributed by atoms with Gasteiger partial charge in [0.2, 0.25) is 10.0 Å². The van der Waals surface area contributed by atoms with E-state index in [-0.39, 0.29) is 6.04 Å². The second kappa shape index (κ2) is 5.74. The smallest absolute Gasteiger partial charge is 0.208 e. The lowest BCUT2D eigenvalue weighted by Crippen LogP contribution is -2.46. The van der Waals surface area contributed by atoms with E-state index in [1.807, 2.05) is 0 Å². The lowest BCUT2D eigenvalue weighted by molar-refractivity contribution is 0.181. The topological polar surface area (TPSA) is 62.6 Å². The summed E-state index contributed by atoms with van der Waals surface area (Å²) in [5.41, 5.74) is 0. The molecule has 0 bridgehead atoms. The quantitative estimate of drug-likeness (QED) is 0.902. The van der Waals surface area contributed by atoms with Gasteiger partial charge < -0.3 is 4.42 Å². The van der Waals surface area contributed by atoms with E-state index in [9.17, 15) is 8.42 Å². The summed E-state index contributed by atoms with van der Waals surface area (Å²) < 4.78 is 31.3. The molecule has 2 heterocycles. The van der Waals surface area contributed by atoms with E-state index >= 15 is 0 Å². The van der Waals surface area contributed by atoms with Crippen LogP contribution in [-0.2, 0) is 16.6 Å². The van der Waals surface area contributed by atoms with Crippen LogP contribution in [0.15, 0.2) is 16.5 Å². The molecular formula is C15H24N2O3S. The van der Waals surface area contributed by atoms with Crippen molar-refractivity contribution in [1.29, 1.82) is 0 Å². The maximum atomic E-state index is 11.3. The van der Waals surface area contributed by atoms with Gasteiger partial charge in [0.1, 0.15) is 11.5 Å². The molecule has 0 unspecified atom stereocenters. The summed E-state index contributed by atoms with van der Waals surface area (Å²) >= 11 is 0. The van der Waals surface area contributed by atoms with Crippen LogP contribution in [-0.4, -0.2) is 38.7 Å². The molecule has 2 fully saturated rings. The van der Waals surface area contributed by atoms with Crippen LogP contribution in [0.25, 0.3) is 0 Å². The van der Waals surface area contributed by atoms with E-state index in [1.165, 1.54) is 12.7 Å². The summed E-state index contributed by atoms with van der Waals surface area (Å²) in [6, 6.07) is 4.18. The summed E-state index contributed by atoms with van der Waals surface area (Å²) in [7, 11) is -3.13. The Hall–Kier alpha value is -0.850. The monoisotopic (exact) mass is 312 g/mol. The molecule has 1 aromatic heterocycles. The molecule has 3 atom stereocenters. The van der Waals surface area contributed by atoms with Gasteiger partial charge in [0.25, 0.3) is 0 Å². The van der Waals surface area contributed by atoms with E-state index < -0.39 is 10.0 Å². The maximum absolute atomic E-state index is 11.3. The first-order valence-corrected chi connectivity index (χ1v) is 9.58. The number of hydrogen-bond donors (Lipinski definition) is 1. The highest BCUT2D eigenvalue weighted by molar-refractivity contribution is 7.88. The van der Waals surface area contributed by atoms with Crippen molar-refractivity contribution in [3.8, 4) is 0 Å². The van der Waals surface area contributed by atoms with Gasteiger partial charge in [-0.1, -0.05) is 6.92 Å². The minimum atomic E-state index is -3.13. The Labute approximate surface area is 126 Å². The van der Waals surface area contributed by atoms with Gasteiger partial charge in [-0.15, -0.1) is 0 Å². The number of nitrogens with one attached hydrogen (secondary N) is 1. The number of hydrogen-bond acceptors (Lipinski definition) is 4. The third-order valence-electron chi connectivity index (χ3n) is 4.42. The Morgan fingerprint density at radius 2 is 2.19 bits per heavy atom. The fourth-order valence-corrected chi connectivity index (χ4v) is 4.01. The molecule has 1 aromatic rings. The molecule has 0 amide bonds. The predicted molar refractivity (Wildman–Crippen MR) is 81.5 cm³/mol. The number of piperidine rings is 1. The van der Waals surface area contributed by atoms with Crippen LogP contribution in [0, 0.1) is 5.92 Å². The van der Waals surface area contributed by atoms with Crippen molar-refractivity contribution in [3.63, 3.8) is 0 Å². The number of rotatable bonds is 5. The van der Waals surface area contributed by atoms with Crippen molar-refractivity contribution in [2.75, 3.05) is 19.3 Å². The van der Waals surface area contributed by atoms with Crippen molar-refractivity contribution < 1.29 is 12.8 Å². The van der Waals surface area contributed by atoms with Gasteiger partial charge in [-0.3, -0.25) is 4.90 Å². The van der Waals surface area contributed by atoms with Crippen molar-refractivity contribution in [2.45, 2.75) is 44.7 Å². The largest absolute Gasteiger partial charge is 0.464 e. The standard InChI is InChI=1S/C15H24N2O3S/c1-11-8-14(11)15-6-5-13(20-15)10-17-7-3-4-12(9-17)16-21(2,18)19/h5-6,11-12,14,16H,3-4,7-10H2,1-2H3/t11-,12+,14-/m1/s1. The summed E-state index contributed by atoms with van der Waals surface area (Å²) in [5, 5.41) is 0. The Bertz CT molecular complexity index is 596. The second-order valence-electron chi connectivity index (χ2n) is 6.59.